The minimum Gasteiger partial charge on any atom is -0.444 e. The average molecular weight is 360 g/mol. The topological polar surface area (TPSA) is 119 Å². The molecule has 26 heavy (non-hydrogen) atoms. The van der Waals surface area contributed by atoms with Crippen LogP contribution in [0.1, 0.15) is 33.3 Å². The van der Waals surface area contributed by atoms with Crippen molar-refractivity contribution in [3.8, 4) is 0 Å². The summed E-state index contributed by atoms with van der Waals surface area (Å²) < 4.78 is 5.22. The Bertz CT molecular complexity index is 816. The predicted octanol–water partition coefficient (Wildman–Crippen LogP) is 2.44. The number of ether oxygens (including phenoxy) is 1. The first-order chi connectivity index (χ1) is 12.2. The van der Waals surface area contributed by atoms with Crippen molar-refractivity contribution in [2.75, 3.05) is 0 Å². The van der Waals surface area contributed by atoms with E-state index in [2.05, 4.69) is 15.5 Å². The second kappa shape index (κ2) is 7.90. The van der Waals surface area contributed by atoms with E-state index in [0.717, 1.165) is 16.5 Å². The van der Waals surface area contributed by atoms with Crippen LogP contribution >= 0.6 is 0 Å². The lowest BCUT2D eigenvalue weighted by Crippen LogP contribution is -2.45. The van der Waals surface area contributed by atoms with Crippen molar-refractivity contribution in [1.29, 1.82) is 0 Å². The van der Waals surface area contributed by atoms with Crippen LogP contribution in [0.25, 0.3) is 10.9 Å². The van der Waals surface area contributed by atoms with E-state index in [9.17, 15) is 9.59 Å². The smallest absolute Gasteiger partial charge is 0.408 e. The van der Waals surface area contributed by atoms with Crippen molar-refractivity contribution in [2.24, 2.45) is 10.9 Å². The quantitative estimate of drug-likeness (QED) is 0.327. The molecular formula is C18H24N4O4. The number of hydrogen-bond acceptors (Lipinski definition) is 5. The van der Waals surface area contributed by atoms with Gasteiger partial charge in [-0.25, -0.2) is 9.59 Å². The van der Waals surface area contributed by atoms with Gasteiger partial charge in [0.1, 0.15) is 17.5 Å². The Kier molecular flexibility index (Phi) is 5.86. The van der Waals surface area contributed by atoms with E-state index in [4.69, 9.17) is 15.3 Å². The number of alkyl carbamates (subject to hydrolysis) is 1. The molecule has 0 bridgehead atoms. The number of para-hydroxylation sites is 1. The van der Waals surface area contributed by atoms with Crippen molar-refractivity contribution < 1.29 is 19.2 Å². The minimum atomic E-state index is -0.979. The molecule has 0 aliphatic rings. The van der Waals surface area contributed by atoms with E-state index in [0.29, 0.717) is 0 Å². The molecule has 1 atom stereocenters. The highest BCUT2D eigenvalue weighted by atomic mass is 16.7. The maximum absolute atomic E-state index is 12.3. The number of H-pyrrole nitrogens is 1. The van der Waals surface area contributed by atoms with Crippen molar-refractivity contribution in [2.45, 2.75) is 45.8 Å². The Morgan fingerprint density at radius 1 is 1.31 bits per heavy atom. The van der Waals surface area contributed by atoms with Crippen LogP contribution in [0.5, 0.6) is 0 Å². The first-order valence-corrected chi connectivity index (χ1v) is 8.21. The second-order valence-corrected chi connectivity index (χ2v) is 6.91. The zero-order chi connectivity index (χ0) is 19.3. The summed E-state index contributed by atoms with van der Waals surface area (Å²) >= 11 is 0. The zero-order valence-electron chi connectivity index (χ0n) is 15.3. The van der Waals surface area contributed by atoms with Gasteiger partial charge in [-0.3, -0.25) is 0 Å². The number of aromatic nitrogens is 1. The second-order valence-electron chi connectivity index (χ2n) is 6.91. The van der Waals surface area contributed by atoms with Gasteiger partial charge in [0.25, 0.3) is 0 Å². The third kappa shape index (κ3) is 5.51. The summed E-state index contributed by atoms with van der Waals surface area (Å²) in [6.45, 7) is 6.70. The Labute approximate surface area is 151 Å². The molecule has 4 N–H and O–H groups in total. The highest BCUT2D eigenvalue weighted by Gasteiger charge is 2.27. The fourth-order valence-electron chi connectivity index (χ4n) is 2.34. The molecule has 0 saturated carbocycles. The molecule has 2 rings (SSSR count). The van der Waals surface area contributed by atoms with Crippen molar-refractivity contribution in [3.05, 3.63) is 36.0 Å². The number of carbonyl (C=O) groups excluding carboxylic acids is 2. The van der Waals surface area contributed by atoms with Crippen LogP contribution in [-0.4, -0.2) is 34.5 Å². The summed E-state index contributed by atoms with van der Waals surface area (Å²) in [5.74, 6) is -0.632. The van der Waals surface area contributed by atoms with Gasteiger partial charge in [-0.05, 0) is 39.3 Å². The lowest BCUT2D eigenvalue weighted by molar-refractivity contribution is -0.146. The maximum atomic E-state index is 12.3. The number of oxime groups is 1. The molecule has 8 heteroatoms. The molecule has 140 valence electrons. The van der Waals surface area contributed by atoms with Crippen molar-refractivity contribution in [3.63, 3.8) is 0 Å². The molecule has 1 aromatic heterocycles. The predicted molar refractivity (Wildman–Crippen MR) is 98.5 cm³/mol. The molecule has 0 fully saturated rings. The number of rotatable bonds is 5. The van der Waals surface area contributed by atoms with Crippen LogP contribution in [0.4, 0.5) is 4.79 Å². The van der Waals surface area contributed by atoms with Gasteiger partial charge in [0.05, 0.1) is 0 Å². The number of nitrogens with two attached hydrogens (primary N) is 1. The molecule has 0 spiro atoms. The third-order valence-electron chi connectivity index (χ3n) is 3.35. The molecule has 0 radical (unpaired) electrons. The lowest BCUT2D eigenvalue weighted by Gasteiger charge is -2.22. The summed E-state index contributed by atoms with van der Waals surface area (Å²) in [7, 11) is 0. The van der Waals surface area contributed by atoms with E-state index < -0.39 is 23.7 Å². The average Bonchev–Trinajstić information content (AvgIpc) is 2.93. The van der Waals surface area contributed by atoms with Crippen molar-refractivity contribution >= 4 is 28.8 Å². The van der Waals surface area contributed by atoms with Crippen LogP contribution in [0, 0.1) is 0 Å². The van der Waals surface area contributed by atoms with Crippen LogP contribution in [0.15, 0.2) is 35.6 Å². The van der Waals surface area contributed by atoms with Gasteiger partial charge in [-0.15, -0.1) is 0 Å². The van der Waals surface area contributed by atoms with Gasteiger partial charge < -0.3 is 25.6 Å². The Morgan fingerprint density at radius 3 is 2.65 bits per heavy atom. The molecule has 1 amide bonds. The largest absolute Gasteiger partial charge is 0.444 e. The number of carbonyl (C=O) groups is 2. The van der Waals surface area contributed by atoms with Crippen LogP contribution in [-0.2, 0) is 20.8 Å². The normalized spacial score (nSPS) is 13.3. The van der Waals surface area contributed by atoms with Crippen LogP contribution in [0.3, 0.4) is 0 Å². The summed E-state index contributed by atoms with van der Waals surface area (Å²) in [6, 6.07) is 6.68. The molecular weight excluding hydrogens is 336 g/mol. The number of nitrogens with one attached hydrogen (secondary N) is 2. The first-order valence-electron chi connectivity index (χ1n) is 8.21. The van der Waals surface area contributed by atoms with Crippen LogP contribution in [0.2, 0.25) is 0 Å². The van der Waals surface area contributed by atoms with Crippen LogP contribution < -0.4 is 11.1 Å². The highest BCUT2D eigenvalue weighted by Crippen LogP contribution is 2.19. The summed E-state index contributed by atoms with van der Waals surface area (Å²) in [4.78, 5) is 32.4. The SMILES string of the molecule is CC(N)=NOC(=O)[C@H](Cc1c[nH]c2ccccc12)NC(=O)OC(C)(C)C. The zero-order valence-corrected chi connectivity index (χ0v) is 15.3. The van der Waals surface area contributed by atoms with Gasteiger partial charge in [0, 0.05) is 23.5 Å². The fourth-order valence-corrected chi connectivity index (χ4v) is 2.34. The van der Waals surface area contributed by atoms with E-state index in [-0.39, 0.29) is 12.3 Å². The van der Waals surface area contributed by atoms with Gasteiger partial charge in [-0.1, -0.05) is 23.4 Å². The van der Waals surface area contributed by atoms with Crippen molar-refractivity contribution in [1.82, 2.24) is 10.3 Å². The van der Waals surface area contributed by atoms with Gasteiger partial charge in [0.2, 0.25) is 0 Å². The standard InChI is InChI=1S/C18H24N4O4/c1-11(19)22-26-16(23)15(21-17(24)25-18(2,3)4)9-12-10-20-14-8-6-5-7-13(12)14/h5-8,10,15,20H,9H2,1-4H3,(H2,19,22)(H,21,24)/t15-/m0/s1. The number of amidine groups is 1. The molecule has 0 unspecified atom stereocenters. The molecule has 0 aliphatic heterocycles. The lowest BCUT2D eigenvalue weighted by atomic mass is 10.1. The van der Waals surface area contributed by atoms with Gasteiger partial charge in [-0.2, -0.15) is 0 Å². The number of benzene rings is 1. The number of aromatic amines is 1. The number of fused-ring (bicyclic) bond motifs is 1. The minimum absolute atomic E-state index is 0.0986. The van der Waals surface area contributed by atoms with E-state index in [1.54, 1.807) is 27.0 Å². The molecule has 1 heterocycles. The summed E-state index contributed by atoms with van der Waals surface area (Å²) in [5, 5.41) is 6.96. The summed E-state index contributed by atoms with van der Waals surface area (Å²) in [6.07, 6.45) is 1.29. The Morgan fingerprint density at radius 2 is 2.00 bits per heavy atom. The number of hydrogen-bond donors (Lipinski definition) is 3. The van der Waals surface area contributed by atoms with Gasteiger partial charge in [0.15, 0.2) is 0 Å². The molecule has 2 aromatic rings. The fraction of sp³-hybridized carbons (Fsp3) is 0.389. The highest BCUT2D eigenvalue weighted by molar-refractivity contribution is 5.86. The third-order valence-corrected chi connectivity index (χ3v) is 3.35. The monoisotopic (exact) mass is 360 g/mol. The Balaban J connectivity index is 2.20. The van der Waals surface area contributed by atoms with E-state index in [1.807, 2.05) is 24.3 Å². The molecule has 0 saturated heterocycles. The molecule has 1 aromatic carbocycles. The van der Waals surface area contributed by atoms with E-state index in [1.165, 1.54) is 6.92 Å². The molecule has 0 aliphatic carbocycles. The molecule has 8 nitrogen and oxygen atoms in total. The van der Waals surface area contributed by atoms with E-state index >= 15 is 0 Å². The first kappa shape index (κ1) is 19.3. The maximum Gasteiger partial charge on any atom is 0.408 e. The van der Waals surface area contributed by atoms with Gasteiger partial charge >= 0.3 is 12.1 Å². The summed E-state index contributed by atoms with van der Waals surface area (Å²) in [5.41, 5.74) is 6.49. The number of amides is 1. The number of nitrogens with zero attached hydrogens (tertiary/aromatic N) is 1. The Hall–Kier alpha value is -3.03.